The van der Waals surface area contributed by atoms with Gasteiger partial charge in [-0.1, -0.05) is 12.5 Å². The van der Waals surface area contributed by atoms with Crippen LogP contribution in [0, 0.1) is 6.92 Å². The number of hydrogen-bond donors (Lipinski definition) is 1. The summed E-state index contributed by atoms with van der Waals surface area (Å²) in [5.41, 5.74) is 0. The summed E-state index contributed by atoms with van der Waals surface area (Å²) in [6.07, 6.45) is 8.86. The number of nitrogens with zero attached hydrogens (tertiary/aromatic N) is 1. The Kier molecular flexibility index (Phi) is 6.34. The molecular weight excluding hydrogens is 216 g/mol. The smallest absolute Gasteiger partial charge is 0.109 e. The molecule has 0 aromatic carbocycles. The van der Waals surface area contributed by atoms with Crippen molar-refractivity contribution in [2.75, 3.05) is 6.54 Å². The maximum absolute atomic E-state index is 4.39. The molecule has 1 aromatic heterocycles. The number of thiazole rings is 1. The minimum Gasteiger partial charge on any atom is -0.308 e. The number of unbranched alkanes of at least 4 members (excludes halogenated alkanes) is 3. The van der Waals surface area contributed by atoms with Crippen molar-refractivity contribution < 1.29 is 0 Å². The average Bonchev–Trinajstić information content (AvgIpc) is 2.70. The van der Waals surface area contributed by atoms with Crippen molar-refractivity contribution in [1.29, 1.82) is 0 Å². The molecule has 0 aliphatic carbocycles. The van der Waals surface area contributed by atoms with Crippen molar-refractivity contribution in [3.63, 3.8) is 0 Å². The number of aromatic nitrogens is 1. The average molecular weight is 238 g/mol. The molecule has 16 heavy (non-hydrogen) atoms. The zero-order chi connectivity index (χ0) is 11.8. The Labute approximate surface area is 103 Å². The van der Waals surface area contributed by atoms with Crippen LogP contribution < -0.4 is 5.32 Å². The van der Waals surface area contributed by atoms with Gasteiger partial charge in [-0.15, -0.1) is 17.9 Å². The molecule has 0 radical (unpaired) electrons. The molecule has 1 aromatic rings. The molecule has 0 bridgehead atoms. The molecule has 1 rings (SSSR count). The molecular formula is C13H22N2S. The van der Waals surface area contributed by atoms with Crippen LogP contribution >= 0.6 is 11.3 Å². The number of rotatable bonds is 8. The van der Waals surface area contributed by atoms with E-state index in [9.17, 15) is 0 Å². The normalized spacial score (nSPS) is 12.6. The Morgan fingerprint density at radius 3 is 2.94 bits per heavy atom. The molecule has 0 spiro atoms. The van der Waals surface area contributed by atoms with Gasteiger partial charge in [-0.3, -0.25) is 0 Å². The van der Waals surface area contributed by atoms with E-state index < -0.39 is 0 Å². The molecule has 0 fully saturated rings. The van der Waals surface area contributed by atoms with Crippen LogP contribution in [-0.2, 0) is 0 Å². The van der Waals surface area contributed by atoms with Crippen molar-refractivity contribution in [2.24, 2.45) is 0 Å². The third kappa shape index (κ3) is 4.90. The van der Waals surface area contributed by atoms with Gasteiger partial charge in [0.05, 0.1) is 6.04 Å². The summed E-state index contributed by atoms with van der Waals surface area (Å²) < 4.78 is 0. The Bertz CT molecular complexity index is 307. The highest BCUT2D eigenvalue weighted by Gasteiger charge is 2.07. The number of hydrogen-bond acceptors (Lipinski definition) is 3. The van der Waals surface area contributed by atoms with Gasteiger partial charge in [-0.25, -0.2) is 4.98 Å². The van der Waals surface area contributed by atoms with E-state index >= 15 is 0 Å². The fraction of sp³-hybridized carbons (Fsp3) is 0.615. The second-order valence-corrected chi connectivity index (χ2v) is 5.39. The van der Waals surface area contributed by atoms with Gasteiger partial charge in [-0.05, 0) is 39.7 Å². The lowest BCUT2D eigenvalue weighted by Gasteiger charge is -2.10. The van der Waals surface area contributed by atoms with Gasteiger partial charge < -0.3 is 5.32 Å². The van der Waals surface area contributed by atoms with Gasteiger partial charge in [0.15, 0.2) is 0 Å². The Morgan fingerprint density at radius 1 is 1.50 bits per heavy atom. The van der Waals surface area contributed by atoms with Crippen molar-refractivity contribution >= 4 is 11.3 Å². The standard InChI is InChI=1S/C13H22N2S/c1-4-5-6-7-8-9-14-12(3)13-15-10-11(2)16-13/h4,10,12,14H,1,5-9H2,2-3H3. The highest BCUT2D eigenvalue weighted by atomic mass is 32.1. The second kappa shape index (κ2) is 7.58. The van der Waals surface area contributed by atoms with Crippen molar-refractivity contribution in [3.8, 4) is 0 Å². The maximum atomic E-state index is 4.39. The lowest BCUT2D eigenvalue weighted by Crippen LogP contribution is -2.19. The zero-order valence-corrected chi connectivity index (χ0v) is 11.1. The van der Waals surface area contributed by atoms with Gasteiger partial charge >= 0.3 is 0 Å². The lowest BCUT2D eigenvalue weighted by molar-refractivity contribution is 0.538. The quantitative estimate of drug-likeness (QED) is 0.549. The Balaban J connectivity index is 2.11. The predicted octanol–water partition coefficient (Wildman–Crippen LogP) is 3.85. The van der Waals surface area contributed by atoms with E-state index in [1.54, 1.807) is 11.3 Å². The van der Waals surface area contributed by atoms with Crippen molar-refractivity contribution in [3.05, 3.63) is 28.7 Å². The van der Waals surface area contributed by atoms with Crippen LogP contribution in [-0.4, -0.2) is 11.5 Å². The maximum Gasteiger partial charge on any atom is 0.109 e. The summed E-state index contributed by atoms with van der Waals surface area (Å²) in [4.78, 5) is 5.67. The molecule has 0 saturated carbocycles. The van der Waals surface area contributed by atoms with Crippen LogP contribution in [0.2, 0.25) is 0 Å². The molecule has 1 atom stereocenters. The summed E-state index contributed by atoms with van der Waals surface area (Å²) in [5.74, 6) is 0. The highest BCUT2D eigenvalue weighted by Crippen LogP contribution is 2.18. The van der Waals surface area contributed by atoms with Gasteiger partial charge in [0.2, 0.25) is 0 Å². The molecule has 3 heteroatoms. The molecule has 90 valence electrons. The summed E-state index contributed by atoms with van der Waals surface area (Å²) in [6.45, 7) is 9.09. The topological polar surface area (TPSA) is 24.9 Å². The molecule has 0 aliphatic heterocycles. The fourth-order valence-corrected chi connectivity index (χ4v) is 2.37. The lowest BCUT2D eigenvalue weighted by atomic mass is 10.2. The van der Waals surface area contributed by atoms with Crippen LogP contribution in [0.15, 0.2) is 18.9 Å². The molecule has 1 unspecified atom stereocenters. The molecule has 0 aliphatic rings. The monoisotopic (exact) mass is 238 g/mol. The Morgan fingerprint density at radius 2 is 2.31 bits per heavy atom. The van der Waals surface area contributed by atoms with Crippen LogP contribution in [0.5, 0.6) is 0 Å². The SMILES string of the molecule is C=CCCCCCNC(C)c1ncc(C)s1. The van der Waals surface area contributed by atoms with Crippen molar-refractivity contribution in [2.45, 2.75) is 45.6 Å². The van der Waals surface area contributed by atoms with E-state index in [0.29, 0.717) is 6.04 Å². The first-order chi connectivity index (χ1) is 7.74. The van der Waals surface area contributed by atoms with Crippen LogP contribution in [0.1, 0.15) is 48.5 Å². The first-order valence-electron chi connectivity index (χ1n) is 6.00. The van der Waals surface area contributed by atoms with E-state index in [-0.39, 0.29) is 0 Å². The first kappa shape index (κ1) is 13.4. The van der Waals surface area contributed by atoms with Crippen LogP contribution in [0.25, 0.3) is 0 Å². The number of aryl methyl sites for hydroxylation is 1. The van der Waals surface area contributed by atoms with E-state index in [1.165, 1.54) is 29.1 Å². The molecule has 1 heterocycles. The van der Waals surface area contributed by atoms with Gasteiger partial charge in [0.25, 0.3) is 0 Å². The highest BCUT2D eigenvalue weighted by molar-refractivity contribution is 7.11. The van der Waals surface area contributed by atoms with Gasteiger partial charge in [0, 0.05) is 11.1 Å². The van der Waals surface area contributed by atoms with Gasteiger partial charge in [0.1, 0.15) is 5.01 Å². The summed E-state index contributed by atoms with van der Waals surface area (Å²) in [7, 11) is 0. The summed E-state index contributed by atoms with van der Waals surface area (Å²) >= 11 is 1.78. The largest absolute Gasteiger partial charge is 0.308 e. The van der Waals surface area contributed by atoms with Crippen LogP contribution in [0.4, 0.5) is 0 Å². The van der Waals surface area contributed by atoms with E-state index in [1.807, 2.05) is 12.3 Å². The molecule has 2 nitrogen and oxygen atoms in total. The third-order valence-corrected chi connectivity index (χ3v) is 3.64. The number of allylic oxidation sites excluding steroid dienone is 1. The number of nitrogens with one attached hydrogen (secondary N) is 1. The summed E-state index contributed by atoms with van der Waals surface area (Å²) in [5, 5.41) is 4.71. The molecule has 0 amide bonds. The Hall–Kier alpha value is -0.670. The third-order valence-electron chi connectivity index (χ3n) is 2.55. The van der Waals surface area contributed by atoms with Crippen molar-refractivity contribution in [1.82, 2.24) is 10.3 Å². The predicted molar refractivity (Wildman–Crippen MR) is 71.9 cm³/mol. The minimum absolute atomic E-state index is 0.387. The summed E-state index contributed by atoms with van der Waals surface area (Å²) in [6, 6.07) is 0.387. The second-order valence-electron chi connectivity index (χ2n) is 4.12. The van der Waals surface area contributed by atoms with E-state index in [4.69, 9.17) is 0 Å². The molecule has 0 saturated heterocycles. The van der Waals surface area contributed by atoms with E-state index in [0.717, 1.165) is 13.0 Å². The first-order valence-corrected chi connectivity index (χ1v) is 6.82. The molecule has 1 N–H and O–H groups in total. The van der Waals surface area contributed by atoms with Gasteiger partial charge in [-0.2, -0.15) is 0 Å². The zero-order valence-electron chi connectivity index (χ0n) is 10.3. The van der Waals surface area contributed by atoms with E-state index in [2.05, 4.69) is 30.7 Å². The van der Waals surface area contributed by atoms with Crippen LogP contribution in [0.3, 0.4) is 0 Å². The fourth-order valence-electron chi connectivity index (χ4n) is 1.57. The minimum atomic E-state index is 0.387.